The maximum Gasteiger partial charge on any atom is 0.322 e. The Bertz CT molecular complexity index is 1540. The SMILES string of the molecule is CC(C)N1c2cc(F)c(NC(=O)N3CCO[C@@H](C(=O)Nc4ccc(C#N)c(Cl)c4)C3)cc2C(=O)N(C[C@H]2CCCO2)C12CO2. The number of carbonyl (C=O) groups is 3. The van der Waals surface area contributed by atoms with Gasteiger partial charge in [0, 0.05) is 30.9 Å². The largest absolute Gasteiger partial charge is 0.376 e. The number of rotatable bonds is 6. The van der Waals surface area contributed by atoms with Gasteiger partial charge in [-0.2, -0.15) is 5.26 Å². The Balaban J connectivity index is 1.18. The first-order chi connectivity index (χ1) is 21.1. The van der Waals surface area contributed by atoms with Crippen molar-refractivity contribution in [2.24, 2.45) is 0 Å². The molecular weight excluding hydrogens is 595 g/mol. The van der Waals surface area contributed by atoms with Gasteiger partial charge in [-0.1, -0.05) is 11.6 Å². The standard InChI is InChI=1S/C30H32ClFN6O6/c1-17(2)38-25-12-23(32)24(11-21(25)28(40)37(30(38)16-44-30)14-20-4-3-8-42-20)35-29(41)36-7-9-43-26(15-36)27(39)34-19-6-5-18(13-33)22(31)10-19/h5-6,10-12,17,20,26H,3-4,7-9,14-16H2,1-2H3,(H,34,39)(H,35,41)/t20-,26-,30?/m1/s1. The van der Waals surface area contributed by atoms with E-state index >= 15 is 4.39 Å². The zero-order valence-corrected chi connectivity index (χ0v) is 25.0. The van der Waals surface area contributed by atoms with Gasteiger partial charge in [-0.05, 0) is 51.0 Å². The molecule has 14 heteroatoms. The molecule has 1 unspecified atom stereocenters. The van der Waals surface area contributed by atoms with Crippen LogP contribution in [0.5, 0.6) is 0 Å². The maximum atomic E-state index is 15.5. The summed E-state index contributed by atoms with van der Waals surface area (Å²) in [6.07, 6.45) is 0.634. The van der Waals surface area contributed by atoms with Gasteiger partial charge in [0.1, 0.15) is 18.5 Å². The van der Waals surface area contributed by atoms with Gasteiger partial charge in [0.15, 0.2) is 6.10 Å². The first-order valence-electron chi connectivity index (χ1n) is 14.5. The molecule has 3 saturated heterocycles. The lowest BCUT2D eigenvalue weighted by Crippen LogP contribution is -2.62. The molecule has 4 aliphatic heterocycles. The number of morpholine rings is 1. The molecule has 4 aliphatic rings. The number of nitrogens with zero attached hydrogens (tertiary/aromatic N) is 4. The number of hydrogen-bond acceptors (Lipinski definition) is 8. The molecule has 4 amide bonds. The normalized spacial score (nSPS) is 24.4. The summed E-state index contributed by atoms with van der Waals surface area (Å²) in [7, 11) is 0. The predicted octanol–water partition coefficient (Wildman–Crippen LogP) is 3.76. The number of fused-ring (bicyclic) bond motifs is 1. The monoisotopic (exact) mass is 626 g/mol. The summed E-state index contributed by atoms with van der Waals surface area (Å²) in [5.41, 5.74) is 1.12. The number of urea groups is 1. The molecule has 12 nitrogen and oxygen atoms in total. The summed E-state index contributed by atoms with van der Waals surface area (Å²) >= 11 is 6.06. The number of benzene rings is 2. The molecule has 44 heavy (non-hydrogen) atoms. The number of hydrogen-bond donors (Lipinski definition) is 2. The fourth-order valence-electron chi connectivity index (χ4n) is 6.00. The summed E-state index contributed by atoms with van der Waals surface area (Å²) < 4.78 is 32.8. The second-order valence-corrected chi connectivity index (χ2v) is 11.8. The highest BCUT2D eigenvalue weighted by atomic mass is 35.5. The van der Waals surface area contributed by atoms with Crippen LogP contribution in [-0.2, 0) is 19.0 Å². The molecule has 0 bridgehead atoms. The third-order valence-corrected chi connectivity index (χ3v) is 8.51. The van der Waals surface area contributed by atoms with Gasteiger partial charge in [0.25, 0.3) is 11.8 Å². The molecule has 2 N–H and O–H groups in total. The number of epoxide rings is 1. The summed E-state index contributed by atoms with van der Waals surface area (Å²) in [5, 5.41) is 14.5. The Hall–Kier alpha value is -3.96. The van der Waals surface area contributed by atoms with Gasteiger partial charge < -0.3 is 34.6 Å². The summed E-state index contributed by atoms with van der Waals surface area (Å²) in [6.45, 7) is 5.32. The van der Waals surface area contributed by atoms with Crippen molar-refractivity contribution in [2.75, 3.05) is 55.0 Å². The first kappa shape index (κ1) is 30.1. The average Bonchev–Trinajstić information content (AvgIpc) is 3.59. The van der Waals surface area contributed by atoms with Crippen molar-refractivity contribution in [3.05, 3.63) is 52.3 Å². The fourth-order valence-corrected chi connectivity index (χ4v) is 6.23. The van der Waals surface area contributed by atoms with Crippen molar-refractivity contribution in [1.82, 2.24) is 9.80 Å². The van der Waals surface area contributed by atoms with Crippen molar-refractivity contribution >= 4 is 46.5 Å². The van der Waals surface area contributed by atoms with Crippen LogP contribution in [0.2, 0.25) is 5.02 Å². The van der Waals surface area contributed by atoms with Crippen LogP contribution < -0.4 is 15.5 Å². The second kappa shape index (κ2) is 11.9. The van der Waals surface area contributed by atoms with Crippen LogP contribution in [0.3, 0.4) is 0 Å². The lowest BCUT2D eigenvalue weighted by Gasteiger charge is -2.46. The minimum atomic E-state index is -1.00. The van der Waals surface area contributed by atoms with Gasteiger partial charge in [0.2, 0.25) is 5.85 Å². The van der Waals surface area contributed by atoms with Crippen LogP contribution in [0.4, 0.5) is 26.2 Å². The highest BCUT2D eigenvalue weighted by molar-refractivity contribution is 6.32. The van der Waals surface area contributed by atoms with E-state index < -0.39 is 29.7 Å². The van der Waals surface area contributed by atoms with E-state index in [1.165, 1.54) is 35.2 Å². The van der Waals surface area contributed by atoms with E-state index in [0.29, 0.717) is 31.1 Å². The number of anilines is 3. The van der Waals surface area contributed by atoms with E-state index in [0.717, 1.165) is 12.8 Å². The molecular formula is C30H32ClFN6O6. The number of amides is 4. The van der Waals surface area contributed by atoms with Crippen LogP contribution in [0, 0.1) is 17.1 Å². The van der Waals surface area contributed by atoms with Crippen LogP contribution in [0.15, 0.2) is 30.3 Å². The van der Waals surface area contributed by atoms with Crippen molar-refractivity contribution in [3.8, 4) is 6.07 Å². The second-order valence-electron chi connectivity index (χ2n) is 11.4. The number of nitrogens with one attached hydrogen (secondary N) is 2. The molecule has 3 atom stereocenters. The average molecular weight is 627 g/mol. The Labute approximate surface area is 258 Å². The van der Waals surface area contributed by atoms with Crippen LogP contribution in [0.25, 0.3) is 0 Å². The molecule has 0 radical (unpaired) electrons. The van der Waals surface area contributed by atoms with Crippen molar-refractivity contribution in [1.29, 1.82) is 5.26 Å². The molecule has 0 saturated carbocycles. The van der Waals surface area contributed by atoms with Crippen molar-refractivity contribution in [2.45, 2.75) is 50.8 Å². The fraction of sp³-hybridized carbons (Fsp3) is 0.467. The smallest absolute Gasteiger partial charge is 0.322 e. The third-order valence-electron chi connectivity index (χ3n) is 8.19. The van der Waals surface area contributed by atoms with Crippen molar-refractivity contribution in [3.63, 3.8) is 0 Å². The van der Waals surface area contributed by atoms with Gasteiger partial charge in [-0.15, -0.1) is 0 Å². The molecule has 232 valence electrons. The molecule has 1 spiro atoms. The first-order valence-corrected chi connectivity index (χ1v) is 14.9. The quantitative estimate of drug-likeness (QED) is 0.462. The Morgan fingerprint density at radius 1 is 1.20 bits per heavy atom. The zero-order valence-electron chi connectivity index (χ0n) is 24.3. The van der Waals surface area contributed by atoms with Crippen LogP contribution in [-0.4, -0.2) is 91.2 Å². The van der Waals surface area contributed by atoms with E-state index in [-0.39, 0.29) is 59.6 Å². The summed E-state index contributed by atoms with van der Waals surface area (Å²) in [4.78, 5) is 44.9. The van der Waals surface area contributed by atoms with E-state index in [4.69, 9.17) is 31.1 Å². The van der Waals surface area contributed by atoms with E-state index in [1.54, 1.807) is 4.90 Å². The van der Waals surface area contributed by atoms with Gasteiger partial charge in [-0.25, -0.2) is 9.18 Å². The summed E-state index contributed by atoms with van der Waals surface area (Å²) in [6, 6.07) is 8.27. The minimum absolute atomic E-state index is 0.0778. The Kier molecular flexibility index (Phi) is 8.10. The molecule has 3 fully saturated rings. The molecule has 6 rings (SSSR count). The highest BCUT2D eigenvalue weighted by Gasteiger charge is 2.62. The number of nitriles is 1. The number of ether oxygens (including phenoxy) is 3. The molecule has 2 aromatic carbocycles. The van der Waals surface area contributed by atoms with E-state index in [1.807, 2.05) is 24.8 Å². The van der Waals surface area contributed by atoms with Gasteiger partial charge in [0.05, 0.1) is 53.3 Å². The lowest BCUT2D eigenvalue weighted by atomic mass is 10.0. The van der Waals surface area contributed by atoms with Crippen molar-refractivity contribution < 1.29 is 33.0 Å². The lowest BCUT2D eigenvalue weighted by molar-refractivity contribution is -0.131. The number of carbonyl (C=O) groups excluding carboxylic acids is 3. The maximum absolute atomic E-state index is 15.5. The van der Waals surface area contributed by atoms with Gasteiger partial charge >= 0.3 is 6.03 Å². The zero-order chi connectivity index (χ0) is 31.2. The van der Waals surface area contributed by atoms with Gasteiger partial charge in [-0.3, -0.25) is 14.5 Å². The Morgan fingerprint density at radius 3 is 2.66 bits per heavy atom. The van der Waals surface area contributed by atoms with E-state index in [9.17, 15) is 14.4 Å². The topological polar surface area (TPSA) is 140 Å². The summed E-state index contributed by atoms with van der Waals surface area (Å²) in [5.74, 6) is -2.54. The highest BCUT2D eigenvalue weighted by Crippen LogP contribution is 2.48. The van der Waals surface area contributed by atoms with E-state index in [2.05, 4.69) is 10.6 Å². The van der Waals surface area contributed by atoms with Crippen LogP contribution >= 0.6 is 11.6 Å². The molecule has 0 aliphatic carbocycles. The van der Waals surface area contributed by atoms with Crippen LogP contribution in [0.1, 0.15) is 42.6 Å². The molecule has 2 aromatic rings. The minimum Gasteiger partial charge on any atom is -0.376 e. The molecule has 4 heterocycles. The third kappa shape index (κ3) is 5.54. The molecule has 0 aromatic heterocycles. The Morgan fingerprint density at radius 2 is 2.00 bits per heavy atom. The predicted molar refractivity (Wildman–Crippen MR) is 158 cm³/mol. The number of halogens is 2.